The van der Waals surface area contributed by atoms with Crippen LogP contribution in [-0.2, 0) is 14.3 Å². The third-order valence-corrected chi connectivity index (χ3v) is 4.68. The summed E-state index contributed by atoms with van der Waals surface area (Å²) in [5, 5.41) is 2.92. The Labute approximate surface area is 121 Å². The molecule has 2 rings (SSSR count). The van der Waals surface area contributed by atoms with Gasteiger partial charge in [-0.25, -0.2) is 0 Å². The number of hydrogen-bond donors (Lipinski definition) is 2. The van der Waals surface area contributed by atoms with Crippen LogP contribution in [0.4, 0.5) is 0 Å². The Bertz CT molecular complexity index is 305. The molecule has 0 spiro atoms. The summed E-state index contributed by atoms with van der Waals surface area (Å²) in [5.74, 6) is 0.0702. The van der Waals surface area contributed by atoms with Gasteiger partial charge in [-0.3, -0.25) is 4.79 Å². The highest BCUT2D eigenvalue weighted by atomic mass is 16.5. The van der Waals surface area contributed by atoms with Gasteiger partial charge in [-0.05, 0) is 44.9 Å². The molecule has 116 valence electrons. The average Bonchev–Trinajstić information content (AvgIpc) is 2.41. The van der Waals surface area contributed by atoms with Gasteiger partial charge in [-0.2, -0.15) is 0 Å². The number of nitrogens with two attached hydrogens (primary N) is 1. The van der Waals surface area contributed by atoms with Crippen molar-refractivity contribution in [3.05, 3.63) is 0 Å². The molecule has 1 amide bonds. The van der Waals surface area contributed by atoms with Crippen molar-refractivity contribution in [3.8, 4) is 0 Å². The first-order valence-electron chi connectivity index (χ1n) is 7.82. The lowest BCUT2D eigenvalue weighted by Gasteiger charge is -2.39. The molecule has 2 aliphatic carbocycles. The van der Waals surface area contributed by atoms with Crippen molar-refractivity contribution < 1.29 is 14.3 Å². The standard InChI is InChI=1S/C15H28N2O3/c1-19-15(7-2-8-15)11-14(18)17-9-10-20-13-5-3-12(16)4-6-13/h12-13H,2-11,16H2,1H3,(H,17,18). The van der Waals surface area contributed by atoms with Crippen LogP contribution in [-0.4, -0.2) is 43.9 Å². The third-order valence-electron chi connectivity index (χ3n) is 4.68. The minimum atomic E-state index is -0.190. The summed E-state index contributed by atoms with van der Waals surface area (Å²) in [7, 11) is 1.70. The number of methoxy groups -OCH3 is 1. The van der Waals surface area contributed by atoms with Gasteiger partial charge in [0, 0.05) is 19.7 Å². The molecule has 2 aliphatic rings. The van der Waals surface area contributed by atoms with Crippen molar-refractivity contribution in [2.24, 2.45) is 5.73 Å². The van der Waals surface area contributed by atoms with Gasteiger partial charge < -0.3 is 20.5 Å². The van der Waals surface area contributed by atoms with Crippen LogP contribution in [0.25, 0.3) is 0 Å². The van der Waals surface area contributed by atoms with E-state index < -0.39 is 0 Å². The first-order valence-corrected chi connectivity index (χ1v) is 7.82. The van der Waals surface area contributed by atoms with Gasteiger partial charge in [0.1, 0.15) is 0 Å². The van der Waals surface area contributed by atoms with Gasteiger partial charge in [-0.1, -0.05) is 0 Å². The summed E-state index contributed by atoms with van der Waals surface area (Å²) in [6.07, 6.45) is 8.13. The molecule has 0 aromatic carbocycles. The van der Waals surface area contributed by atoms with Gasteiger partial charge >= 0.3 is 0 Å². The van der Waals surface area contributed by atoms with Crippen molar-refractivity contribution >= 4 is 5.91 Å². The van der Waals surface area contributed by atoms with Crippen LogP contribution in [0.3, 0.4) is 0 Å². The number of hydrogen-bond acceptors (Lipinski definition) is 4. The molecule has 2 fully saturated rings. The van der Waals surface area contributed by atoms with Crippen molar-refractivity contribution in [1.29, 1.82) is 0 Å². The second-order valence-corrected chi connectivity index (χ2v) is 6.17. The predicted octanol–water partition coefficient (Wildman–Crippen LogP) is 1.35. The molecule has 0 radical (unpaired) electrons. The fourth-order valence-corrected chi connectivity index (χ4v) is 3.05. The number of carbonyl (C=O) groups excluding carboxylic acids is 1. The van der Waals surface area contributed by atoms with Crippen molar-refractivity contribution in [2.45, 2.75) is 69.1 Å². The molecule has 0 aliphatic heterocycles. The van der Waals surface area contributed by atoms with Gasteiger partial charge in [0.15, 0.2) is 0 Å². The molecule has 0 aromatic heterocycles. The lowest BCUT2D eigenvalue weighted by atomic mass is 9.77. The Balaban J connectivity index is 1.53. The zero-order valence-electron chi connectivity index (χ0n) is 12.5. The van der Waals surface area contributed by atoms with Gasteiger partial charge in [0.05, 0.1) is 24.7 Å². The molecule has 3 N–H and O–H groups in total. The van der Waals surface area contributed by atoms with E-state index in [4.69, 9.17) is 15.2 Å². The van der Waals surface area contributed by atoms with Crippen LogP contribution >= 0.6 is 0 Å². The average molecular weight is 284 g/mol. The molecule has 5 nitrogen and oxygen atoms in total. The highest BCUT2D eigenvalue weighted by molar-refractivity contribution is 5.77. The summed E-state index contributed by atoms with van der Waals surface area (Å²) < 4.78 is 11.2. The summed E-state index contributed by atoms with van der Waals surface area (Å²) >= 11 is 0. The third kappa shape index (κ3) is 4.43. The number of amides is 1. The minimum absolute atomic E-state index is 0.0702. The largest absolute Gasteiger partial charge is 0.378 e. The summed E-state index contributed by atoms with van der Waals surface area (Å²) in [6, 6.07) is 0.349. The summed E-state index contributed by atoms with van der Waals surface area (Å²) in [6.45, 7) is 1.17. The number of nitrogens with one attached hydrogen (secondary N) is 1. The van der Waals surface area contributed by atoms with E-state index in [1.54, 1.807) is 7.11 Å². The maximum Gasteiger partial charge on any atom is 0.222 e. The minimum Gasteiger partial charge on any atom is -0.378 e. The van der Waals surface area contributed by atoms with Crippen LogP contribution in [0.15, 0.2) is 0 Å². The van der Waals surface area contributed by atoms with Gasteiger partial charge in [0.25, 0.3) is 0 Å². The van der Waals surface area contributed by atoms with E-state index in [9.17, 15) is 4.79 Å². The molecule has 2 saturated carbocycles. The fraction of sp³-hybridized carbons (Fsp3) is 0.933. The molecular formula is C15H28N2O3. The highest BCUT2D eigenvalue weighted by Gasteiger charge is 2.38. The van der Waals surface area contributed by atoms with Gasteiger partial charge in [0.2, 0.25) is 5.91 Å². The number of rotatable bonds is 7. The van der Waals surface area contributed by atoms with E-state index >= 15 is 0 Å². The van der Waals surface area contributed by atoms with E-state index in [0.29, 0.717) is 31.7 Å². The van der Waals surface area contributed by atoms with Gasteiger partial charge in [-0.15, -0.1) is 0 Å². The molecule has 0 aromatic rings. The van der Waals surface area contributed by atoms with Crippen molar-refractivity contribution in [2.75, 3.05) is 20.3 Å². The molecule has 20 heavy (non-hydrogen) atoms. The lowest BCUT2D eigenvalue weighted by molar-refractivity contribution is -0.134. The van der Waals surface area contributed by atoms with E-state index in [0.717, 1.165) is 44.9 Å². The Morgan fingerprint density at radius 1 is 1.30 bits per heavy atom. The molecule has 0 heterocycles. The zero-order valence-corrected chi connectivity index (χ0v) is 12.5. The normalized spacial score (nSPS) is 28.7. The summed E-state index contributed by atoms with van der Waals surface area (Å²) in [5.41, 5.74) is 5.67. The first-order chi connectivity index (χ1) is 9.63. The second-order valence-electron chi connectivity index (χ2n) is 6.17. The Morgan fingerprint density at radius 2 is 2.00 bits per heavy atom. The molecule has 0 bridgehead atoms. The van der Waals surface area contributed by atoms with Crippen LogP contribution in [0.1, 0.15) is 51.4 Å². The Morgan fingerprint density at radius 3 is 2.55 bits per heavy atom. The number of carbonyl (C=O) groups is 1. The van der Waals surface area contributed by atoms with E-state index in [1.807, 2.05) is 0 Å². The molecule has 0 saturated heterocycles. The van der Waals surface area contributed by atoms with E-state index in [1.165, 1.54) is 0 Å². The van der Waals surface area contributed by atoms with Crippen LogP contribution in [0.5, 0.6) is 0 Å². The smallest absolute Gasteiger partial charge is 0.222 e. The lowest BCUT2D eigenvalue weighted by Crippen LogP contribution is -2.44. The zero-order chi connectivity index (χ0) is 14.4. The Kier molecular flexibility index (Phi) is 5.81. The second kappa shape index (κ2) is 7.38. The quantitative estimate of drug-likeness (QED) is 0.692. The van der Waals surface area contributed by atoms with Crippen LogP contribution in [0.2, 0.25) is 0 Å². The maximum absolute atomic E-state index is 11.8. The maximum atomic E-state index is 11.8. The SMILES string of the molecule is COC1(CC(=O)NCCOC2CCC(N)CC2)CCC1. The molecule has 0 unspecified atom stereocenters. The van der Waals surface area contributed by atoms with Crippen molar-refractivity contribution in [3.63, 3.8) is 0 Å². The van der Waals surface area contributed by atoms with Crippen LogP contribution in [0, 0.1) is 0 Å². The first kappa shape index (κ1) is 15.7. The van der Waals surface area contributed by atoms with Crippen LogP contribution < -0.4 is 11.1 Å². The number of ether oxygens (including phenoxy) is 2. The molecule has 5 heteroatoms. The summed E-state index contributed by atoms with van der Waals surface area (Å²) in [4.78, 5) is 11.8. The molecular weight excluding hydrogens is 256 g/mol. The Hall–Kier alpha value is -0.650. The highest BCUT2D eigenvalue weighted by Crippen LogP contribution is 2.37. The van der Waals surface area contributed by atoms with Crippen molar-refractivity contribution in [1.82, 2.24) is 5.32 Å². The molecule has 0 atom stereocenters. The predicted molar refractivity (Wildman–Crippen MR) is 77.4 cm³/mol. The van der Waals surface area contributed by atoms with E-state index in [2.05, 4.69) is 5.32 Å². The van der Waals surface area contributed by atoms with E-state index in [-0.39, 0.29) is 11.5 Å². The monoisotopic (exact) mass is 284 g/mol. The fourth-order valence-electron chi connectivity index (χ4n) is 3.05. The topological polar surface area (TPSA) is 73.6 Å².